The lowest BCUT2D eigenvalue weighted by Gasteiger charge is -2.23. The van der Waals surface area contributed by atoms with Crippen LogP contribution >= 0.6 is 0 Å². The summed E-state index contributed by atoms with van der Waals surface area (Å²) >= 11 is 0. The number of nitrogens with two attached hydrogens (primary N) is 1. The Balaban J connectivity index is 2.18. The minimum absolute atomic E-state index is 0.0126. The monoisotopic (exact) mass is 277 g/mol. The molecule has 1 aromatic rings. The number of hydrogen-bond acceptors (Lipinski definition) is 4. The van der Waals surface area contributed by atoms with E-state index in [2.05, 4.69) is 11.9 Å². The molecule has 2 rings (SSSR count). The Bertz CT molecular complexity index is 490. The Labute approximate surface area is 120 Å². The summed E-state index contributed by atoms with van der Waals surface area (Å²) in [7, 11) is 0. The van der Waals surface area contributed by atoms with Crippen LogP contribution in [0.25, 0.3) is 0 Å². The predicted octanol–water partition coefficient (Wildman–Crippen LogP) is 1.68. The highest BCUT2D eigenvalue weighted by Crippen LogP contribution is 2.30. The van der Waals surface area contributed by atoms with Crippen molar-refractivity contribution in [3.8, 4) is 5.75 Å². The third kappa shape index (κ3) is 3.10. The van der Waals surface area contributed by atoms with Crippen LogP contribution in [0.5, 0.6) is 5.75 Å². The van der Waals surface area contributed by atoms with Crippen molar-refractivity contribution in [3.63, 3.8) is 0 Å². The van der Waals surface area contributed by atoms with Gasteiger partial charge in [0.25, 0.3) is 5.91 Å². The normalized spacial score (nSPS) is 22.4. The van der Waals surface area contributed by atoms with E-state index < -0.39 is 0 Å². The van der Waals surface area contributed by atoms with Gasteiger partial charge in [-0.25, -0.2) is 4.98 Å². The third-order valence-electron chi connectivity index (χ3n) is 3.67. The highest BCUT2D eigenvalue weighted by atomic mass is 16.5. The first-order chi connectivity index (χ1) is 9.45. The maximum absolute atomic E-state index is 12.6. The number of ether oxygens (including phenoxy) is 1. The van der Waals surface area contributed by atoms with Gasteiger partial charge in [0.15, 0.2) is 11.4 Å². The second-order valence-electron chi connectivity index (χ2n) is 6.01. The summed E-state index contributed by atoms with van der Waals surface area (Å²) in [5.41, 5.74) is 6.20. The molecule has 2 heterocycles. The van der Waals surface area contributed by atoms with E-state index in [-0.39, 0.29) is 17.4 Å². The molecule has 1 aliphatic rings. The minimum Gasteiger partial charge on any atom is -0.489 e. The van der Waals surface area contributed by atoms with E-state index in [0.717, 1.165) is 13.0 Å². The molecule has 1 atom stereocenters. The van der Waals surface area contributed by atoms with Crippen LogP contribution in [-0.4, -0.2) is 41.5 Å². The van der Waals surface area contributed by atoms with Crippen LogP contribution in [0.4, 0.5) is 0 Å². The number of amides is 1. The van der Waals surface area contributed by atoms with Gasteiger partial charge in [-0.1, -0.05) is 6.92 Å². The molecule has 0 aromatic carbocycles. The minimum atomic E-state index is -0.0709. The number of carbonyl (C=O) groups is 1. The fourth-order valence-electron chi connectivity index (χ4n) is 2.41. The van der Waals surface area contributed by atoms with Gasteiger partial charge in [-0.05, 0) is 44.4 Å². The maximum Gasteiger partial charge on any atom is 0.276 e. The van der Waals surface area contributed by atoms with Crippen LogP contribution in [0, 0.1) is 5.41 Å². The molecule has 0 radical (unpaired) electrons. The SMILES string of the molecule is CC(C)Oc1cccnc1C(=O)N1CCC(C)(CN)C1. The molecule has 1 saturated heterocycles. The lowest BCUT2D eigenvalue weighted by molar-refractivity contribution is 0.0764. The van der Waals surface area contributed by atoms with Gasteiger partial charge in [-0.2, -0.15) is 0 Å². The second kappa shape index (κ2) is 5.79. The van der Waals surface area contributed by atoms with E-state index >= 15 is 0 Å². The molecule has 0 spiro atoms. The number of carbonyl (C=O) groups excluding carboxylic acids is 1. The molecule has 1 fully saturated rings. The van der Waals surface area contributed by atoms with Crippen molar-refractivity contribution in [1.82, 2.24) is 9.88 Å². The number of pyridine rings is 1. The predicted molar refractivity (Wildman–Crippen MR) is 77.7 cm³/mol. The molecule has 110 valence electrons. The number of likely N-dealkylation sites (tertiary alicyclic amines) is 1. The first kappa shape index (κ1) is 14.8. The van der Waals surface area contributed by atoms with Crippen molar-refractivity contribution >= 4 is 5.91 Å². The molecular weight excluding hydrogens is 254 g/mol. The largest absolute Gasteiger partial charge is 0.489 e. The highest BCUT2D eigenvalue weighted by molar-refractivity contribution is 5.95. The van der Waals surface area contributed by atoms with Gasteiger partial charge in [0.1, 0.15) is 0 Å². The van der Waals surface area contributed by atoms with Crippen molar-refractivity contribution in [2.45, 2.75) is 33.3 Å². The summed E-state index contributed by atoms with van der Waals surface area (Å²) in [4.78, 5) is 18.6. The van der Waals surface area contributed by atoms with Gasteiger partial charge in [-0.15, -0.1) is 0 Å². The molecular formula is C15H23N3O2. The van der Waals surface area contributed by atoms with Crippen LogP contribution < -0.4 is 10.5 Å². The van der Waals surface area contributed by atoms with Gasteiger partial charge in [0.2, 0.25) is 0 Å². The van der Waals surface area contributed by atoms with Crippen molar-refractivity contribution in [1.29, 1.82) is 0 Å². The summed E-state index contributed by atoms with van der Waals surface area (Å²) in [5.74, 6) is 0.479. The Morgan fingerprint density at radius 2 is 2.35 bits per heavy atom. The third-order valence-corrected chi connectivity index (χ3v) is 3.67. The molecule has 5 nitrogen and oxygen atoms in total. The summed E-state index contributed by atoms with van der Waals surface area (Å²) < 4.78 is 5.67. The number of hydrogen-bond donors (Lipinski definition) is 1. The number of aromatic nitrogens is 1. The standard InChI is InChI=1S/C15H23N3O2/c1-11(2)20-12-5-4-7-17-13(12)14(19)18-8-6-15(3,9-16)10-18/h4-5,7,11H,6,8-10,16H2,1-3H3. The van der Waals surface area contributed by atoms with E-state index in [1.165, 1.54) is 0 Å². The van der Waals surface area contributed by atoms with Crippen LogP contribution in [0.2, 0.25) is 0 Å². The molecule has 1 unspecified atom stereocenters. The van der Waals surface area contributed by atoms with E-state index in [9.17, 15) is 4.79 Å². The van der Waals surface area contributed by atoms with E-state index in [1.54, 1.807) is 18.3 Å². The fourth-order valence-corrected chi connectivity index (χ4v) is 2.41. The summed E-state index contributed by atoms with van der Waals surface area (Å²) in [6, 6.07) is 3.57. The van der Waals surface area contributed by atoms with Crippen LogP contribution in [0.1, 0.15) is 37.7 Å². The maximum atomic E-state index is 12.6. The zero-order valence-electron chi connectivity index (χ0n) is 12.4. The summed E-state index contributed by atoms with van der Waals surface area (Å²) in [5, 5.41) is 0. The van der Waals surface area contributed by atoms with Gasteiger partial charge in [0.05, 0.1) is 6.10 Å². The zero-order valence-corrected chi connectivity index (χ0v) is 12.4. The van der Waals surface area contributed by atoms with Crippen molar-refractivity contribution in [3.05, 3.63) is 24.0 Å². The van der Waals surface area contributed by atoms with Crippen LogP contribution in [-0.2, 0) is 0 Å². The summed E-state index contributed by atoms with van der Waals surface area (Å²) in [6.45, 7) is 7.98. The molecule has 0 saturated carbocycles. The Morgan fingerprint density at radius 3 is 2.95 bits per heavy atom. The molecule has 5 heteroatoms. The molecule has 2 N–H and O–H groups in total. The van der Waals surface area contributed by atoms with Crippen LogP contribution in [0.3, 0.4) is 0 Å². The van der Waals surface area contributed by atoms with Crippen LogP contribution in [0.15, 0.2) is 18.3 Å². The Morgan fingerprint density at radius 1 is 1.60 bits per heavy atom. The smallest absolute Gasteiger partial charge is 0.276 e. The lowest BCUT2D eigenvalue weighted by atomic mass is 9.90. The summed E-state index contributed by atoms with van der Waals surface area (Å²) in [6.07, 6.45) is 2.57. The number of rotatable bonds is 4. The molecule has 0 aliphatic carbocycles. The number of nitrogens with zero attached hydrogens (tertiary/aromatic N) is 2. The average Bonchev–Trinajstić information content (AvgIpc) is 2.81. The first-order valence-electron chi connectivity index (χ1n) is 7.06. The topological polar surface area (TPSA) is 68.5 Å². The average molecular weight is 277 g/mol. The molecule has 1 amide bonds. The van der Waals surface area contributed by atoms with E-state index in [0.29, 0.717) is 24.5 Å². The molecule has 20 heavy (non-hydrogen) atoms. The van der Waals surface area contributed by atoms with Crippen molar-refractivity contribution in [2.24, 2.45) is 11.1 Å². The Hall–Kier alpha value is -1.62. The fraction of sp³-hybridized carbons (Fsp3) is 0.600. The van der Waals surface area contributed by atoms with Gasteiger partial charge < -0.3 is 15.4 Å². The quantitative estimate of drug-likeness (QED) is 0.909. The lowest BCUT2D eigenvalue weighted by Crippen LogP contribution is -2.35. The highest BCUT2D eigenvalue weighted by Gasteiger charge is 2.36. The van der Waals surface area contributed by atoms with Gasteiger partial charge in [-0.3, -0.25) is 4.79 Å². The van der Waals surface area contributed by atoms with E-state index in [1.807, 2.05) is 18.7 Å². The van der Waals surface area contributed by atoms with E-state index in [4.69, 9.17) is 10.5 Å². The zero-order chi connectivity index (χ0) is 14.8. The second-order valence-corrected chi connectivity index (χ2v) is 6.01. The molecule has 1 aliphatic heterocycles. The van der Waals surface area contributed by atoms with Gasteiger partial charge in [0, 0.05) is 19.3 Å². The molecule has 0 bridgehead atoms. The van der Waals surface area contributed by atoms with Crippen molar-refractivity contribution in [2.75, 3.05) is 19.6 Å². The Kier molecular flexibility index (Phi) is 4.28. The van der Waals surface area contributed by atoms with Gasteiger partial charge >= 0.3 is 0 Å². The van der Waals surface area contributed by atoms with Crippen molar-refractivity contribution < 1.29 is 9.53 Å². The first-order valence-corrected chi connectivity index (χ1v) is 7.06. The molecule has 1 aromatic heterocycles.